The largest absolute Gasteiger partial charge is 0.479 e. The van der Waals surface area contributed by atoms with Gasteiger partial charge in [-0.25, -0.2) is 4.79 Å². The summed E-state index contributed by atoms with van der Waals surface area (Å²) in [6.07, 6.45) is -59.9. The summed E-state index contributed by atoms with van der Waals surface area (Å²) in [5.74, 6) is -1.94. The Kier molecular flexibility index (Phi) is 19.2. The van der Waals surface area contributed by atoms with Crippen molar-refractivity contribution in [3.05, 3.63) is 0 Å². The third kappa shape index (κ3) is 11.2. The number of carboxylic acids is 1. The van der Waals surface area contributed by atoms with E-state index in [1.807, 2.05) is 0 Å². The van der Waals surface area contributed by atoms with Crippen LogP contribution in [-0.2, 0) is 56.9 Å². The summed E-state index contributed by atoms with van der Waals surface area (Å²) in [6.45, 7) is -4.71. The Morgan fingerprint density at radius 3 is 1.31 bits per heavy atom. The number of hydrogen-bond donors (Lipinski definition) is 20. The molecule has 396 valence electrons. The molecule has 68 heavy (non-hydrogen) atoms. The Hall–Kier alpha value is -1.73. The minimum atomic E-state index is -2.41. The van der Waals surface area contributed by atoms with E-state index in [4.69, 9.17) is 52.1 Å². The lowest BCUT2D eigenvalue weighted by Gasteiger charge is -2.48. The molecule has 32 nitrogen and oxygen atoms in total. The lowest BCUT2D eigenvalue weighted by Crippen LogP contribution is -2.67. The van der Waals surface area contributed by atoms with E-state index in [9.17, 15) is 107 Å². The van der Waals surface area contributed by atoms with Gasteiger partial charge in [0.15, 0.2) is 43.8 Å². The van der Waals surface area contributed by atoms with Crippen LogP contribution in [0.2, 0.25) is 0 Å². The monoisotopic (exact) mass is 1000 g/mol. The van der Waals surface area contributed by atoms with Crippen molar-refractivity contribution in [2.75, 3.05) is 33.0 Å². The summed E-state index contributed by atoms with van der Waals surface area (Å²) >= 11 is 0. The molecule has 0 bridgehead atoms. The van der Waals surface area contributed by atoms with Gasteiger partial charge in [0.05, 0.1) is 33.0 Å². The van der Waals surface area contributed by atoms with Gasteiger partial charge in [-0.05, 0) is 0 Å². The van der Waals surface area contributed by atoms with Crippen LogP contribution < -0.4 is 0 Å². The highest BCUT2D eigenvalue weighted by molar-refractivity contribution is 5.73. The Morgan fingerprint density at radius 2 is 0.809 bits per heavy atom. The molecule has 0 aromatic heterocycles. The molecule has 30 atom stereocenters. The number of carbonyl (C=O) groups is 1. The fourth-order valence-corrected chi connectivity index (χ4v) is 8.35. The van der Waals surface area contributed by atoms with Crippen molar-refractivity contribution in [1.82, 2.24) is 0 Å². The summed E-state index contributed by atoms with van der Waals surface area (Å²) in [5, 5.41) is 208. The van der Waals surface area contributed by atoms with E-state index in [1.54, 1.807) is 0 Å². The van der Waals surface area contributed by atoms with Crippen molar-refractivity contribution in [2.24, 2.45) is 0 Å². The first-order valence-corrected chi connectivity index (χ1v) is 21.1. The van der Waals surface area contributed by atoms with Gasteiger partial charge in [-0.2, -0.15) is 0 Å². The van der Waals surface area contributed by atoms with E-state index in [-0.39, 0.29) is 0 Å². The molecule has 0 amide bonds. The predicted molar refractivity (Wildman–Crippen MR) is 200 cm³/mol. The highest BCUT2D eigenvalue weighted by atomic mass is 16.8. The quantitative estimate of drug-likeness (QED) is 0.0643. The fourth-order valence-electron chi connectivity index (χ4n) is 8.35. The molecule has 6 rings (SSSR count). The van der Waals surface area contributed by atoms with Gasteiger partial charge >= 0.3 is 5.97 Å². The number of ether oxygens (including phenoxy) is 11. The van der Waals surface area contributed by atoms with Gasteiger partial charge in [0.2, 0.25) is 0 Å². The van der Waals surface area contributed by atoms with Gasteiger partial charge < -0.3 is 154 Å². The molecule has 6 saturated heterocycles. The average Bonchev–Trinajstić information content (AvgIpc) is 3.63. The van der Waals surface area contributed by atoms with Crippen LogP contribution in [-0.4, -0.2) is 325 Å². The molecular formula is C36H60O32. The van der Waals surface area contributed by atoms with E-state index < -0.39 is 223 Å². The second-order valence-corrected chi connectivity index (χ2v) is 16.8. The topological polar surface area (TPSA) is 523 Å². The van der Waals surface area contributed by atoms with Crippen LogP contribution in [0.3, 0.4) is 0 Å². The van der Waals surface area contributed by atoms with E-state index in [0.29, 0.717) is 0 Å². The Balaban J connectivity index is 1.15. The zero-order valence-electron chi connectivity index (χ0n) is 35.2. The first kappa shape index (κ1) is 55.6. The molecule has 6 aliphatic heterocycles. The molecule has 0 unspecified atom stereocenters. The van der Waals surface area contributed by atoms with Crippen molar-refractivity contribution in [1.29, 1.82) is 0 Å². The maximum Gasteiger partial charge on any atom is 0.335 e. The smallest absolute Gasteiger partial charge is 0.335 e. The minimum absolute atomic E-state index is 0.852. The molecule has 0 radical (unpaired) electrons. The fraction of sp³-hybridized carbons (Fsp3) is 0.972. The summed E-state index contributed by atoms with van der Waals surface area (Å²) in [4.78, 5) is 12.7. The summed E-state index contributed by atoms with van der Waals surface area (Å²) in [5.41, 5.74) is 0. The second-order valence-electron chi connectivity index (χ2n) is 16.8. The van der Waals surface area contributed by atoms with E-state index in [1.165, 1.54) is 0 Å². The van der Waals surface area contributed by atoms with Crippen LogP contribution >= 0.6 is 0 Å². The van der Waals surface area contributed by atoms with Crippen molar-refractivity contribution in [3.63, 3.8) is 0 Å². The third-order valence-corrected chi connectivity index (χ3v) is 12.4. The molecule has 6 aliphatic rings. The lowest BCUT2D eigenvalue weighted by atomic mass is 9.96. The number of aliphatic carboxylic acids is 1. The predicted octanol–water partition coefficient (Wildman–Crippen LogP) is -14.0. The molecule has 6 heterocycles. The van der Waals surface area contributed by atoms with Gasteiger partial charge in [0.1, 0.15) is 140 Å². The zero-order valence-corrected chi connectivity index (χ0v) is 35.2. The lowest BCUT2D eigenvalue weighted by molar-refractivity contribution is -0.389. The molecule has 0 saturated carbocycles. The maximum atomic E-state index is 12.7. The molecule has 32 heteroatoms. The second kappa shape index (κ2) is 23.4. The van der Waals surface area contributed by atoms with Crippen LogP contribution in [0.15, 0.2) is 0 Å². The summed E-state index contributed by atoms with van der Waals surface area (Å²) < 4.78 is 60.1. The summed E-state index contributed by atoms with van der Waals surface area (Å²) in [7, 11) is 0. The molecule has 0 aliphatic carbocycles. The van der Waals surface area contributed by atoms with Crippen LogP contribution in [0.5, 0.6) is 0 Å². The number of hydrogen-bond acceptors (Lipinski definition) is 31. The Labute approximate surface area is 382 Å². The van der Waals surface area contributed by atoms with Gasteiger partial charge in [0, 0.05) is 0 Å². The maximum absolute atomic E-state index is 12.7. The molecular weight excluding hydrogens is 944 g/mol. The molecule has 0 aromatic carbocycles. The number of aliphatic hydroxyl groups excluding tert-OH is 19. The molecule has 0 aromatic rings. The van der Waals surface area contributed by atoms with Crippen LogP contribution in [0.1, 0.15) is 0 Å². The van der Waals surface area contributed by atoms with Crippen LogP contribution in [0.4, 0.5) is 0 Å². The van der Waals surface area contributed by atoms with Gasteiger partial charge in [-0.3, -0.25) is 0 Å². The first-order valence-electron chi connectivity index (χ1n) is 21.1. The first-order chi connectivity index (χ1) is 32.1. The van der Waals surface area contributed by atoms with E-state index in [0.717, 1.165) is 0 Å². The number of aliphatic hydroxyl groups is 19. The third-order valence-electron chi connectivity index (χ3n) is 12.4. The standard InChI is InChI=1S/C36H60O32/c37-1-6(41)24-23(54)28(35(63-24)58-5-10-14(45)17(48)26(31(57)59-10)65-32-20(51)15(46)11(42)7(2-38)60-32)67-34-22(53)19(50)25(29(68-34)30(55)56)64-36-27(18(49)13(44)9(4-40)62-36)66-33-21(52)16(47)12(43)8(3-39)61-33/h6-29,31-54,57H,1-5H2,(H,55,56)/t6-,7-,8-,9-,10-,11-,12-,13-,14-,15+,16+,17+,18+,19-,20+,21+,22-,23+,24+,25+,26+,27+,28-,29+,31+,32-,33+,34+,35-,36+/m1/s1. The van der Waals surface area contributed by atoms with Crippen molar-refractivity contribution < 1.29 is 159 Å². The number of rotatable bonds is 17. The molecule has 0 spiro atoms. The SMILES string of the molecule is O=C(O)[C@H]1O[C@H](O[C@H]2[C@H](OC[C@H]3O[C@H](O)[C@@H](O[C@H]4O[C@H](CO)[C@@H](O)[C@H](O)[C@@H]4O)[C@@H](O)[C@@H]3O)O[C@@H]([C@H](O)CO)[C@@H]2O)[C@H](O)[C@@H](O)[C@@H]1O[C@@H]1O[C@H](CO)[C@@H](O)[C@H](O)[C@@H]1O[C@@H]1O[C@H](CO)[C@@H](O)[C@H](O)[C@@H]1O. The Morgan fingerprint density at radius 1 is 0.412 bits per heavy atom. The zero-order chi connectivity index (χ0) is 50.2. The minimum Gasteiger partial charge on any atom is -0.479 e. The summed E-state index contributed by atoms with van der Waals surface area (Å²) in [6, 6.07) is 0. The van der Waals surface area contributed by atoms with Crippen molar-refractivity contribution >= 4 is 5.97 Å². The van der Waals surface area contributed by atoms with Gasteiger partial charge in [-0.1, -0.05) is 0 Å². The highest BCUT2D eigenvalue weighted by Gasteiger charge is 2.58. The highest BCUT2D eigenvalue weighted by Crippen LogP contribution is 2.37. The normalized spacial score (nSPS) is 51.9. The molecule has 20 N–H and O–H groups in total. The van der Waals surface area contributed by atoms with Crippen LogP contribution in [0.25, 0.3) is 0 Å². The van der Waals surface area contributed by atoms with Crippen LogP contribution in [0, 0.1) is 0 Å². The van der Waals surface area contributed by atoms with Gasteiger partial charge in [-0.15, -0.1) is 0 Å². The number of carboxylic acid groups (broad SMARTS) is 1. The van der Waals surface area contributed by atoms with Gasteiger partial charge in [0.25, 0.3) is 0 Å². The van der Waals surface area contributed by atoms with Crippen molar-refractivity contribution in [3.8, 4) is 0 Å². The Bertz CT molecular complexity index is 1580. The van der Waals surface area contributed by atoms with E-state index in [2.05, 4.69) is 0 Å². The average molecular weight is 1000 g/mol. The van der Waals surface area contributed by atoms with Crippen molar-refractivity contribution in [2.45, 2.75) is 184 Å². The molecule has 6 fully saturated rings. The van der Waals surface area contributed by atoms with E-state index >= 15 is 0 Å².